The number of esters is 1. The Kier molecular flexibility index (Phi) is 4.06. The smallest absolute Gasteiger partial charge is 0.306 e. The number of aliphatic hydroxyl groups is 3. The van der Waals surface area contributed by atoms with E-state index >= 15 is 0 Å². The largest absolute Gasteiger partial charge is 0.459 e. The molecule has 0 bridgehead atoms. The first kappa shape index (κ1) is 21.9. The summed E-state index contributed by atoms with van der Waals surface area (Å²) in [5.74, 6) is 0.284. The Hall–Kier alpha value is -0.650. The number of hydrogen-bond donors (Lipinski definition) is 3. The lowest BCUT2D eigenvalue weighted by atomic mass is 9.41. The lowest BCUT2D eigenvalue weighted by molar-refractivity contribution is -0.210. The van der Waals surface area contributed by atoms with Crippen LogP contribution in [0.3, 0.4) is 0 Å². The minimum atomic E-state index is -0.617. The van der Waals surface area contributed by atoms with E-state index < -0.39 is 17.8 Å². The van der Waals surface area contributed by atoms with Gasteiger partial charge < -0.3 is 20.1 Å². The van der Waals surface area contributed by atoms with Gasteiger partial charge >= 0.3 is 5.97 Å². The first-order chi connectivity index (χ1) is 14.8. The topological polar surface area (TPSA) is 87.0 Å². The average Bonchev–Trinajstić information content (AvgIpc) is 3.11. The Morgan fingerprint density at radius 2 is 1.56 bits per heavy atom. The van der Waals surface area contributed by atoms with Gasteiger partial charge in [-0.25, -0.2) is 0 Å². The van der Waals surface area contributed by atoms with Crippen LogP contribution >= 0.6 is 0 Å². The minimum Gasteiger partial charge on any atom is -0.459 e. The molecular weight excluding hydrogens is 404 g/mol. The van der Waals surface area contributed by atoms with E-state index in [1.54, 1.807) is 0 Å². The second-order valence-corrected chi connectivity index (χ2v) is 14.1. The van der Waals surface area contributed by atoms with Crippen molar-refractivity contribution in [3.63, 3.8) is 0 Å². The molecule has 0 aromatic carbocycles. The maximum Gasteiger partial charge on any atom is 0.306 e. The summed E-state index contributed by atoms with van der Waals surface area (Å²) < 4.78 is 5.90. The average molecular weight is 447 g/mol. The highest BCUT2D eigenvalue weighted by atomic mass is 16.6. The molecule has 6 rings (SSSR count). The van der Waals surface area contributed by atoms with Gasteiger partial charge in [0.2, 0.25) is 0 Å². The van der Waals surface area contributed by atoms with Gasteiger partial charge in [0, 0.05) is 12.3 Å². The Morgan fingerprint density at radius 1 is 0.844 bits per heavy atom. The van der Waals surface area contributed by atoms with Gasteiger partial charge in [0.15, 0.2) is 0 Å². The molecule has 5 saturated carbocycles. The quantitative estimate of drug-likeness (QED) is 0.533. The van der Waals surface area contributed by atoms with Crippen LogP contribution < -0.4 is 0 Å². The van der Waals surface area contributed by atoms with Crippen LogP contribution in [0, 0.1) is 44.8 Å². The molecule has 0 amide bonds. The molecule has 1 aliphatic heterocycles. The van der Waals surface area contributed by atoms with Gasteiger partial charge in [0.1, 0.15) is 5.60 Å². The van der Waals surface area contributed by atoms with Gasteiger partial charge in [-0.1, -0.05) is 27.7 Å². The molecule has 1 heterocycles. The summed E-state index contributed by atoms with van der Waals surface area (Å²) in [5, 5.41) is 34.1. The van der Waals surface area contributed by atoms with Crippen molar-refractivity contribution in [3.05, 3.63) is 0 Å². The number of ether oxygens (including phenoxy) is 1. The number of carbonyl (C=O) groups is 1. The van der Waals surface area contributed by atoms with Crippen LogP contribution in [0.4, 0.5) is 0 Å². The first-order valence-electron chi connectivity index (χ1n) is 13.0. The second kappa shape index (κ2) is 5.94. The third-order valence-corrected chi connectivity index (χ3v) is 12.9. The molecule has 0 aromatic rings. The highest BCUT2D eigenvalue weighted by Crippen LogP contribution is 2.89. The molecule has 0 radical (unpaired) electrons. The molecule has 11 atom stereocenters. The molecule has 180 valence electrons. The van der Waals surface area contributed by atoms with Crippen molar-refractivity contribution in [2.75, 3.05) is 0 Å². The molecule has 32 heavy (non-hydrogen) atoms. The number of carbonyl (C=O) groups excluding carboxylic acids is 1. The first-order valence-corrected chi connectivity index (χ1v) is 13.0. The van der Waals surface area contributed by atoms with E-state index in [1.807, 2.05) is 6.92 Å². The minimum absolute atomic E-state index is 0.0898. The van der Waals surface area contributed by atoms with E-state index in [2.05, 4.69) is 27.7 Å². The zero-order valence-corrected chi connectivity index (χ0v) is 20.5. The molecule has 1 saturated heterocycles. The van der Waals surface area contributed by atoms with Crippen LogP contribution in [0.2, 0.25) is 0 Å². The molecule has 3 N–H and O–H groups in total. The van der Waals surface area contributed by atoms with Gasteiger partial charge in [-0.05, 0) is 97.2 Å². The van der Waals surface area contributed by atoms with Crippen LogP contribution in [-0.2, 0) is 9.53 Å². The van der Waals surface area contributed by atoms with Crippen molar-refractivity contribution in [2.24, 2.45) is 44.8 Å². The molecule has 5 aliphatic carbocycles. The third kappa shape index (κ3) is 2.17. The number of aliphatic hydroxyl groups excluding tert-OH is 3. The highest BCUT2D eigenvalue weighted by Gasteiger charge is 2.85. The van der Waals surface area contributed by atoms with Crippen LogP contribution in [-0.4, -0.2) is 45.2 Å². The monoisotopic (exact) mass is 446 g/mol. The summed E-state index contributed by atoms with van der Waals surface area (Å²) in [6.07, 6.45) is 6.53. The fraction of sp³-hybridized carbons (Fsp3) is 0.963. The van der Waals surface area contributed by atoms with Gasteiger partial charge in [0.05, 0.1) is 18.3 Å². The molecular formula is C27H42O5. The number of hydrogen-bond acceptors (Lipinski definition) is 5. The van der Waals surface area contributed by atoms with Gasteiger partial charge in [-0.2, -0.15) is 0 Å². The van der Waals surface area contributed by atoms with E-state index in [0.717, 1.165) is 32.1 Å². The van der Waals surface area contributed by atoms with Crippen LogP contribution in [0.25, 0.3) is 0 Å². The molecule has 0 aromatic heterocycles. The van der Waals surface area contributed by atoms with E-state index in [-0.39, 0.29) is 51.0 Å². The maximum absolute atomic E-state index is 12.1. The molecule has 5 heteroatoms. The van der Waals surface area contributed by atoms with E-state index in [4.69, 9.17) is 4.74 Å². The Balaban J connectivity index is 1.42. The number of rotatable bonds is 1. The molecule has 6 fully saturated rings. The van der Waals surface area contributed by atoms with Crippen LogP contribution in [0.15, 0.2) is 0 Å². The lowest BCUT2D eigenvalue weighted by Gasteiger charge is -2.64. The summed E-state index contributed by atoms with van der Waals surface area (Å²) in [5.41, 5.74) is -0.795. The van der Waals surface area contributed by atoms with Crippen molar-refractivity contribution in [1.29, 1.82) is 0 Å². The number of fused-ring (bicyclic) bond motifs is 2. The lowest BCUT2D eigenvalue weighted by Crippen LogP contribution is -2.62. The van der Waals surface area contributed by atoms with Crippen molar-refractivity contribution in [1.82, 2.24) is 0 Å². The second-order valence-electron chi connectivity index (χ2n) is 14.1. The Labute approximate surface area is 192 Å². The summed E-state index contributed by atoms with van der Waals surface area (Å²) in [4.78, 5) is 12.1. The van der Waals surface area contributed by atoms with Gasteiger partial charge in [0.25, 0.3) is 0 Å². The fourth-order valence-electron chi connectivity index (χ4n) is 11.4. The summed E-state index contributed by atoms with van der Waals surface area (Å²) in [7, 11) is 0. The predicted octanol–water partition coefficient (Wildman–Crippen LogP) is 3.82. The standard InChI is InChI=1S/C27H42O5/c1-22(2)17-12-15(28)21-24(4)13-16(29)20(25(5)8-7-19(31)32-25)23(24,3)10-11-27(21)14-26(17,27)9-6-18(22)30/h15-18,20-21,28-30H,6-14H2,1-5H3/t15-,16-,17-,18-,20-,21-,23+,24-,25+,26+,27-/m0/s1. The summed E-state index contributed by atoms with van der Waals surface area (Å²) >= 11 is 0. The van der Waals surface area contributed by atoms with E-state index in [1.165, 1.54) is 6.42 Å². The highest BCUT2D eigenvalue weighted by molar-refractivity contribution is 5.72. The Morgan fingerprint density at radius 3 is 2.22 bits per heavy atom. The maximum atomic E-state index is 12.1. The zero-order valence-electron chi connectivity index (χ0n) is 20.5. The van der Waals surface area contributed by atoms with Gasteiger partial charge in [-0.15, -0.1) is 0 Å². The van der Waals surface area contributed by atoms with Gasteiger partial charge in [-0.3, -0.25) is 4.79 Å². The molecule has 5 nitrogen and oxygen atoms in total. The van der Waals surface area contributed by atoms with Crippen molar-refractivity contribution < 1.29 is 24.9 Å². The van der Waals surface area contributed by atoms with Crippen molar-refractivity contribution in [2.45, 2.75) is 116 Å². The van der Waals surface area contributed by atoms with Crippen molar-refractivity contribution in [3.8, 4) is 0 Å². The SMILES string of the molecule is CC1(C)[C@@H](O)CC[C@]23C[C@]24CC[C@]2(C)[C@@H]([C@@]5(C)CCC(=O)O5)[C@@H](O)C[C@@]2(C)[C@@H]4[C@@H](O)C[C@@H]13. The number of cyclic esters (lactones) is 1. The normalized spacial score (nSPS) is 62.4. The molecule has 0 unspecified atom stereocenters. The summed E-state index contributed by atoms with van der Waals surface area (Å²) in [6, 6.07) is 0. The summed E-state index contributed by atoms with van der Waals surface area (Å²) in [6.45, 7) is 11.1. The van der Waals surface area contributed by atoms with Crippen LogP contribution in [0.1, 0.15) is 92.4 Å². The van der Waals surface area contributed by atoms with Crippen molar-refractivity contribution >= 4 is 5.97 Å². The third-order valence-electron chi connectivity index (χ3n) is 12.9. The molecule has 6 aliphatic rings. The van der Waals surface area contributed by atoms with E-state index in [0.29, 0.717) is 25.2 Å². The fourth-order valence-corrected chi connectivity index (χ4v) is 11.4. The predicted molar refractivity (Wildman–Crippen MR) is 119 cm³/mol. The molecule has 2 spiro atoms. The van der Waals surface area contributed by atoms with E-state index in [9.17, 15) is 20.1 Å². The zero-order chi connectivity index (χ0) is 23.1. The Bertz CT molecular complexity index is 870. The van der Waals surface area contributed by atoms with Crippen LogP contribution in [0.5, 0.6) is 0 Å².